The van der Waals surface area contributed by atoms with E-state index in [2.05, 4.69) is 15.6 Å². The maximum absolute atomic E-state index is 6.81. The highest BCUT2D eigenvalue weighted by Gasteiger charge is 2.02. The summed E-state index contributed by atoms with van der Waals surface area (Å²) in [5.41, 5.74) is 5.02. The molecule has 0 fully saturated rings. The van der Waals surface area contributed by atoms with Crippen molar-refractivity contribution in [3.05, 3.63) is 0 Å². The van der Waals surface area contributed by atoms with Crippen molar-refractivity contribution in [2.45, 2.75) is 0 Å². The number of guanidine groups is 2. The lowest BCUT2D eigenvalue weighted by Gasteiger charge is -2.01. The highest BCUT2D eigenvalue weighted by Crippen LogP contribution is 1.78. The van der Waals surface area contributed by atoms with E-state index < -0.39 is 0 Å². The Labute approximate surface area is 52.8 Å². The Morgan fingerprint density at radius 3 is 3.11 bits per heavy atom. The summed E-state index contributed by atoms with van der Waals surface area (Å²) in [7, 11) is 0. The van der Waals surface area contributed by atoms with Crippen LogP contribution in [0.15, 0.2) is 4.99 Å². The van der Waals surface area contributed by atoms with Crippen LogP contribution in [0.5, 0.6) is 0 Å². The second-order valence-corrected chi connectivity index (χ2v) is 1.70. The summed E-state index contributed by atoms with van der Waals surface area (Å²) in [6.07, 6.45) is 0. The fourth-order valence-corrected chi connectivity index (χ4v) is 0.609. The van der Waals surface area contributed by atoms with Crippen LogP contribution in [-0.2, 0) is 0 Å². The van der Waals surface area contributed by atoms with Gasteiger partial charge in [0.05, 0.1) is 6.54 Å². The Morgan fingerprint density at radius 2 is 2.67 bits per heavy atom. The van der Waals surface area contributed by atoms with Crippen molar-refractivity contribution < 1.29 is 0 Å². The van der Waals surface area contributed by atoms with E-state index in [1.807, 2.05) is 0 Å². The Kier molecular flexibility index (Phi) is 1.53. The molecule has 5 nitrogen and oxygen atoms in total. The van der Waals surface area contributed by atoms with Gasteiger partial charge in [-0.25, -0.2) is 0 Å². The lowest BCUT2D eigenvalue weighted by atomic mass is 10.7. The zero-order chi connectivity index (χ0) is 6.69. The maximum Gasteiger partial charge on any atom is 0.198 e. The SMILES string of the molecule is N=C(N)NC1=NCCN1. The Bertz CT molecular complexity index is 149. The number of nitrogens with two attached hydrogens (primary N) is 1. The van der Waals surface area contributed by atoms with E-state index in [0.717, 1.165) is 13.1 Å². The molecule has 0 bridgehead atoms. The minimum absolute atomic E-state index is 0.0804. The molecular formula is C4H9N5. The highest BCUT2D eigenvalue weighted by atomic mass is 15.2. The molecule has 0 aromatic rings. The zero-order valence-corrected chi connectivity index (χ0v) is 4.94. The van der Waals surface area contributed by atoms with Gasteiger partial charge in [0, 0.05) is 6.54 Å². The molecule has 0 atom stereocenters. The van der Waals surface area contributed by atoms with E-state index in [4.69, 9.17) is 11.1 Å². The summed E-state index contributed by atoms with van der Waals surface area (Å²) in [5.74, 6) is 0.519. The molecule has 1 aliphatic heterocycles. The number of nitrogens with one attached hydrogen (secondary N) is 3. The molecular weight excluding hydrogens is 118 g/mol. The van der Waals surface area contributed by atoms with Gasteiger partial charge in [0.15, 0.2) is 11.9 Å². The van der Waals surface area contributed by atoms with Gasteiger partial charge in [-0.3, -0.25) is 15.7 Å². The molecule has 0 saturated carbocycles. The van der Waals surface area contributed by atoms with Crippen LogP contribution < -0.4 is 16.4 Å². The van der Waals surface area contributed by atoms with Crippen molar-refractivity contribution in [2.24, 2.45) is 10.7 Å². The fourth-order valence-electron chi connectivity index (χ4n) is 0.609. The quantitative estimate of drug-likeness (QED) is 0.234. The Hall–Kier alpha value is -1.26. The summed E-state index contributed by atoms with van der Waals surface area (Å²) >= 11 is 0. The molecule has 1 heterocycles. The van der Waals surface area contributed by atoms with Gasteiger partial charge < -0.3 is 11.1 Å². The number of nitrogens with zero attached hydrogens (tertiary/aromatic N) is 1. The third-order valence-corrected chi connectivity index (χ3v) is 0.927. The minimum Gasteiger partial charge on any atom is -0.370 e. The topological polar surface area (TPSA) is 86.3 Å². The standard InChI is InChI=1S/C4H9N5/c5-3(6)9-4-7-1-2-8-4/h1-2H2,(H5,5,6,7,8,9). The van der Waals surface area contributed by atoms with Crippen LogP contribution in [0.4, 0.5) is 0 Å². The molecule has 0 unspecified atom stereocenters. The molecule has 1 aliphatic rings. The summed E-state index contributed by atoms with van der Waals surface area (Å²) < 4.78 is 0. The normalized spacial score (nSPS) is 16.2. The van der Waals surface area contributed by atoms with Gasteiger partial charge in [-0.2, -0.15) is 0 Å². The third kappa shape index (κ3) is 1.60. The van der Waals surface area contributed by atoms with Gasteiger partial charge in [0.25, 0.3) is 0 Å². The minimum atomic E-state index is -0.0804. The molecule has 0 amide bonds. The predicted octanol–water partition coefficient (Wildman–Crippen LogP) is -1.57. The smallest absolute Gasteiger partial charge is 0.198 e. The van der Waals surface area contributed by atoms with Crippen molar-refractivity contribution in [3.8, 4) is 0 Å². The fraction of sp³-hybridized carbons (Fsp3) is 0.500. The van der Waals surface area contributed by atoms with Crippen LogP contribution in [0.25, 0.3) is 0 Å². The second kappa shape index (κ2) is 2.34. The highest BCUT2D eigenvalue weighted by molar-refractivity contribution is 5.97. The summed E-state index contributed by atoms with van der Waals surface area (Å²) in [6, 6.07) is 0. The molecule has 50 valence electrons. The molecule has 0 aromatic heterocycles. The van der Waals surface area contributed by atoms with Crippen LogP contribution in [0.1, 0.15) is 0 Å². The van der Waals surface area contributed by atoms with Gasteiger partial charge in [0.1, 0.15) is 0 Å². The van der Waals surface area contributed by atoms with E-state index >= 15 is 0 Å². The van der Waals surface area contributed by atoms with Gasteiger partial charge in [-0.05, 0) is 0 Å². The molecule has 0 spiro atoms. The first kappa shape index (κ1) is 5.87. The van der Waals surface area contributed by atoms with Crippen molar-refractivity contribution in [1.29, 1.82) is 5.41 Å². The molecule has 5 N–H and O–H groups in total. The summed E-state index contributed by atoms with van der Waals surface area (Å²) in [6.45, 7) is 1.59. The van der Waals surface area contributed by atoms with E-state index in [-0.39, 0.29) is 5.96 Å². The lowest BCUT2D eigenvalue weighted by molar-refractivity contribution is 0.949. The van der Waals surface area contributed by atoms with Gasteiger partial charge >= 0.3 is 0 Å². The van der Waals surface area contributed by atoms with Crippen LogP contribution in [0, 0.1) is 5.41 Å². The summed E-state index contributed by atoms with van der Waals surface area (Å²) in [4.78, 5) is 3.95. The number of rotatable bonds is 0. The Morgan fingerprint density at radius 1 is 1.89 bits per heavy atom. The van der Waals surface area contributed by atoms with Gasteiger partial charge in [-0.1, -0.05) is 0 Å². The summed E-state index contributed by atoms with van der Waals surface area (Å²) in [5, 5.41) is 12.3. The number of aliphatic imine (C=N–C) groups is 1. The average molecular weight is 127 g/mol. The van der Waals surface area contributed by atoms with Gasteiger partial charge in [0.2, 0.25) is 0 Å². The van der Waals surface area contributed by atoms with Crippen molar-refractivity contribution >= 4 is 11.9 Å². The molecule has 0 saturated heterocycles. The molecule has 5 heteroatoms. The largest absolute Gasteiger partial charge is 0.370 e. The number of hydrogen-bond acceptors (Lipinski definition) is 3. The average Bonchev–Trinajstić information content (AvgIpc) is 2.15. The van der Waals surface area contributed by atoms with Crippen molar-refractivity contribution in [1.82, 2.24) is 10.6 Å². The first-order valence-electron chi connectivity index (χ1n) is 2.68. The van der Waals surface area contributed by atoms with Gasteiger partial charge in [-0.15, -0.1) is 0 Å². The van der Waals surface area contributed by atoms with Crippen molar-refractivity contribution in [2.75, 3.05) is 13.1 Å². The molecule has 0 radical (unpaired) electrons. The Balaban J connectivity index is 2.35. The second-order valence-electron chi connectivity index (χ2n) is 1.70. The third-order valence-electron chi connectivity index (χ3n) is 0.927. The number of hydrogen-bond donors (Lipinski definition) is 4. The molecule has 0 aliphatic carbocycles. The van der Waals surface area contributed by atoms with Crippen LogP contribution in [-0.4, -0.2) is 25.0 Å². The van der Waals surface area contributed by atoms with Crippen LogP contribution in [0.2, 0.25) is 0 Å². The van der Waals surface area contributed by atoms with Crippen LogP contribution in [0.3, 0.4) is 0 Å². The first-order chi connectivity index (χ1) is 4.29. The maximum atomic E-state index is 6.81. The lowest BCUT2D eigenvalue weighted by Crippen LogP contribution is -2.41. The zero-order valence-electron chi connectivity index (χ0n) is 4.94. The molecule has 1 rings (SSSR count). The molecule has 0 aromatic carbocycles. The van der Waals surface area contributed by atoms with E-state index in [0.29, 0.717) is 5.96 Å². The van der Waals surface area contributed by atoms with Crippen molar-refractivity contribution in [3.63, 3.8) is 0 Å². The molecule has 9 heavy (non-hydrogen) atoms. The predicted molar refractivity (Wildman–Crippen MR) is 35.4 cm³/mol. The van der Waals surface area contributed by atoms with E-state index in [9.17, 15) is 0 Å². The monoisotopic (exact) mass is 127 g/mol. The van der Waals surface area contributed by atoms with E-state index in [1.165, 1.54) is 0 Å². The van der Waals surface area contributed by atoms with E-state index in [1.54, 1.807) is 0 Å². The first-order valence-corrected chi connectivity index (χ1v) is 2.68. The van der Waals surface area contributed by atoms with Crippen LogP contribution >= 0.6 is 0 Å².